The fourth-order valence-corrected chi connectivity index (χ4v) is 2.38. The Morgan fingerprint density at radius 2 is 1.96 bits per heavy atom. The first-order chi connectivity index (χ1) is 11.5. The molecule has 5 nitrogen and oxygen atoms in total. The van der Waals surface area contributed by atoms with Crippen molar-refractivity contribution < 1.29 is 18.0 Å². The average molecular weight is 354 g/mol. The van der Waals surface area contributed by atoms with E-state index in [-0.39, 0.29) is 22.7 Å². The molecule has 8 heteroatoms. The Morgan fingerprint density at radius 3 is 2.56 bits per heavy atom. The van der Waals surface area contributed by atoms with Crippen LogP contribution in [0.5, 0.6) is 0 Å². The van der Waals surface area contributed by atoms with Crippen LogP contribution in [-0.4, -0.2) is 40.7 Å². The van der Waals surface area contributed by atoms with Crippen molar-refractivity contribution in [3.05, 3.63) is 47.8 Å². The summed E-state index contributed by atoms with van der Waals surface area (Å²) >= 11 is 0. The molecular formula is C17H21F3N4O. The lowest BCUT2D eigenvalue weighted by Crippen LogP contribution is -2.39. The summed E-state index contributed by atoms with van der Waals surface area (Å²) in [6.45, 7) is 4.75. The number of halogens is 3. The largest absolute Gasteiger partial charge is 0.416 e. The number of alkyl halides is 3. The zero-order chi connectivity index (χ0) is 18.8. The van der Waals surface area contributed by atoms with E-state index in [0.29, 0.717) is 13.1 Å². The van der Waals surface area contributed by atoms with Gasteiger partial charge in [0.1, 0.15) is 0 Å². The normalized spacial score (nSPS) is 12.3. The molecule has 0 atom stereocenters. The minimum atomic E-state index is -4.43. The summed E-state index contributed by atoms with van der Waals surface area (Å²) in [5.41, 5.74) is 5.06. The van der Waals surface area contributed by atoms with Crippen LogP contribution in [0.1, 0.15) is 29.9 Å². The lowest BCUT2D eigenvalue weighted by atomic mass is 9.93. The maximum absolute atomic E-state index is 12.8. The number of carbonyl (C=O) groups is 1. The van der Waals surface area contributed by atoms with Crippen molar-refractivity contribution in [1.29, 1.82) is 0 Å². The van der Waals surface area contributed by atoms with Crippen molar-refractivity contribution in [2.45, 2.75) is 20.0 Å². The van der Waals surface area contributed by atoms with Gasteiger partial charge in [-0.15, -0.1) is 0 Å². The van der Waals surface area contributed by atoms with E-state index in [9.17, 15) is 18.0 Å². The third kappa shape index (κ3) is 4.60. The van der Waals surface area contributed by atoms with Gasteiger partial charge in [0, 0.05) is 19.8 Å². The standard InChI is InChI=1S/C17H21F3N4O/c1-16(2,10-21)11-23(3)15(25)14-7-8-24(22-14)13-6-4-5-12(9-13)17(18,19)20/h4-9H,10-11,21H2,1-3H3. The summed E-state index contributed by atoms with van der Waals surface area (Å²) in [6, 6.07) is 6.26. The molecule has 25 heavy (non-hydrogen) atoms. The number of nitrogens with zero attached hydrogens (tertiary/aromatic N) is 3. The fourth-order valence-electron chi connectivity index (χ4n) is 2.38. The predicted octanol–water partition coefficient (Wildman–Crippen LogP) is 2.95. The second-order valence-corrected chi connectivity index (χ2v) is 6.72. The number of nitrogens with two attached hydrogens (primary N) is 1. The molecule has 0 spiro atoms. The van der Waals surface area contributed by atoms with E-state index in [2.05, 4.69) is 5.10 Å². The van der Waals surface area contributed by atoms with Crippen molar-refractivity contribution >= 4 is 5.91 Å². The molecule has 0 unspecified atom stereocenters. The third-order valence-electron chi connectivity index (χ3n) is 3.81. The van der Waals surface area contributed by atoms with E-state index in [0.717, 1.165) is 12.1 Å². The zero-order valence-corrected chi connectivity index (χ0v) is 14.3. The van der Waals surface area contributed by atoms with Gasteiger partial charge in [-0.25, -0.2) is 4.68 Å². The van der Waals surface area contributed by atoms with Gasteiger partial charge in [-0.05, 0) is 36.2 Å². The van der Waals surface area contributed by atoms with Gasteiger partial charge >= 0.3 is 6.18 Å². The maximum Gasteiger partial charge on any atom is 0.416 e. The highest BCUT2D eigenvalue weighted by Crippen LogP contribution is 2.30. The van der Waals surface area contributed by atoms with Crippen LogP contribution >= 0.6 is 0 Å². The second kappa shape index (κ2) is 6.87. The fraction of sp³-hybridized carbons (Fsp3) is 0.412. The number of hydrogen-bond acceptors (Lipinski definition) is 3. The highest BCUT2D eigenvalue weighted by molar-refractivity contribution is 5.92. The molecule has 136 valence electrons. The molecule has 0 bridgehead atoms. The van der Waals surface area contributed by atoms with Gasteiger partial charge in [-0.1, -0.05) is 19.9 Å². The Kier molecular flexibility index (Phi) is 5.22. The molecule has 2 N–H and O–H groups in total. The van der Waals surface area contributed by atoms with Crippen LogP contribution in [-0.2, 0) is 6.18 Å². The molecule has 0 aliphatic heterocycles. The second-order valence-electron chi connectivity index (χ2n) is 6.72. The molecule has 0 radical (unpaired) electrons. The van der Waals surface area contributed by atoms with Crippen LogP contribution in [0.25, 0.3) is 5.69 Å². The Labute approximate surface area is 144 Å². The number of hydrogen-bond donors (Lipinski definition) is 1. The monoisotopic (exact) mass is 354 g/mol. The van der Waals surface area contributed by atoms with Gasteiger partial charge < -0.3 is 10.6 Å². The average Bonchev–Trinajstić information content (AvgIpc) is 3.03. The molecule has 1 amide bonds. The Balaban J connectivity index is 2.21. The highest BCUT2D eigenvalue weighted by Gasteiger charge is 2.30. The van der Waals surface area contributed by atoms with Crippen molar-refractivity contribution in [2.75, 3.05) is 20.1 Å². The molecule has 0 saturated carbocycles. The van der Waals surface area contributed by atoms with Crippen LogP contribution in [0.3, 0.4) is 0 Å². The van der Waals surface area contributed by atoms with Crippen molar-refractivity contribution in [3.8, 4) is 5.69 Å². The van der Waals surface area contributed by atoms with Crippen LogP contribution in [0.4, 0.5) is 13.2 Å². The Bertz CT molecular complexity index is 752. The van der Waals surface area contributed by atoms with Gasteiger partial charge in [-0.2, -0.15) is 18.3 Å². The molecular weight excluding hydrogens is 333 g/mol. The summed E-state index contributed by atoms with van der Waals surface area (Å²) in [6.07, 6.45) is -2.97. The third-order valence-corrected chi connectivity index (χ3v) is 3.81. The molecule has 2 rings (SSSR count). The molecule has 0 fully saturated rings. The minimum Gasteiger partial charge on any atom is -0.340 e. The molecule has 0 aliphatic carbocycles. The summed E-state index contributed by atoms with van der Waals surface area (Å²) in [4.78, 5) is 13.9. The Hall–Kier alpha value is -2.35. The predicted molar refractivity (Wildman–Crippen MR) is 88.4 cm³/mol. The van der Waals surface area contributed by atoms with E-state index in [1.54, 1.807) is 7.05 Å². The topological polar surface area (TPSA) is 64.2 Å². The maximum atomic E-state index is 12.8. The molecule has 1 heterocycles. The zero-order valence-electron chi connectivity index (χ0n) is 14.3. The summed E-state index contributed by atoms with van der Waals surface area (Å²) in [5, 5.41) is 4.11. The smallest absolute Gasteiger partial charge is 0.340 e. The highest BCUT2D eigenvalue weighted by atomic mass is 19.4. The van der Waals surface area contributed by atoms with Crippen molar-refractivity contribution in [1.82, 2.24) is 14.7 Å². The summed E-state index contributed by atoms with van der Waals surface area (Å²) in [5.74, 6) is -0.313. The number of benzene rings is 1. The Morgan fingerprint density at radius 1 is 1.28 bits per heavy atom. The first-order valence-corrected chi connectivity index (χ1v) is 7.72. The number of amides is 1. The van der Waals surface area contributed by atoms with Gasteiger partial charge in [0.05, 0.1) is 11.3 Å². The van der Waals surface area contributed by atoms with Gasteiger partial charge in [0.15, 0.2) is 5.69 Å². The van der Waals surface area contributed by atoms with Crippen LogP contribution in [0, 0.1) is 5.41 Å². The number of carbonyl (C=O) groups excluding carboxylic acids is 1. The van der Waals surface area contributed by atoms with Crippen LogP contribution < -0.4 is 5.73 Å². The van der Waals surface area contributed by atoms with Crippen molar-refractivity contribution in [2.24, 2.45) is 11.1 Å². The molecule has 1 aromatic carbocycles. The van der Waals surface area contributed by atoms with Gasteiger partial charge in [-0.3, -0.25) is 4.79 Å². The first-order valence-electron chi connectivity index (χ1n) is 7.72. The number of aromatic nitrogens is 2. The number of rotatable bonds is 5. The van der Waals surface area contributed by atoms with Gasteiger partial charge in [0.2, 0.25) is 0 Å². The first kappa shape index (κ1) is 19.0. The minimum absolute atomic E-state index is 0.160. The van der Waals surface area contributed by atoms with Crippen LogP contribution in [0.2, 0.25) is 0 Å². The van der Waals surface area contributed by atoms with Crippen molar-refractivity contribution in [3.63, 3.8) is 0 Å². The molecule has 0 saturated heterocycles. The van der Waals surface area contributed by atoms with E-state index < -0.39 is 11.7 Å². The molecule has 2 aromatic rings. The quantitative estimate of drug-likeness (QED) is 0.898. The van der Waals surface area contributed by atoms with E-state index >= 15 is 0 Å². The molecule has 0 aliphatic rings. The lowest BCUT2D eigenvalue weighted by molar-refractivity contribution is -0.137. The molecule has 1 aromatic heterocycles. The SMILES string of the molecule is CN(CC(C)(C)CN)C(=O)c1ccn(-c2cccc(C(F)(F)F)c2)n1. The summed E-state index contributed by atoms with van der Waals surface area (Å²) < 4.78 is 39.7. The van der Waals surface area contributed by atoms with E-state index in [4.69, 9.17) is 5.73 Å². The van der Waals surface area contributed by atoms with Gasteiger partial charge in [0.25, 0.3) is 5.91 Å². The van der Waals surface area contributed by atoms with Crippen LogP contribution in [0.15, 0.2) is 36.5 Å². The van der Waals surface area contributed by atoms with E-state index in [1.807, 2.05) is 13.8 Å². The van der Waals surface area contributed by atoms with E-state index in [1.165, 1.54) is 34.0 Å². The summed E-state index contributed by atoms with van der Waals surface area (Å²) in [7, 11) is 1.64. The lowest BCUT2D eigenvalue weighted by Gasteiger charge is -2.28.